The average Bonchev–Trinajstić information content (AvgIpc) is 2.94. The van der Waals surface area contributed by atoms with Crippen LogP contribution >= 0.6 is 11.8 Å². The smallest absolute Gasteiger partial charge is 0.407 e. The topological polar surface area (TPSA) is 85.2 Å². The maximum Gasteiger partial charge on any atom is 0.407 e. The second kappa shape index (κ2) is 10.1. The Kier molecular flexibility index (Phi) is 8.53. The predicted octanol–water partition coefficient (Wildman–Crippen LogP) is 1.65. The first kappa shape index (κ1) is 19.3. The minimum atomic E-state index is -0.492. The van der Waals surface area contributed by atoms with Gasteiger partial charge in [0.25, 0.3) is 0 Å². The molecule has 1 rings (SSSR count). The summed E-state index contributed by atoms with van der Waals surface area (Å²) in [5.41, 5.74) is -0.492. The van der Waals surface area contributed by atoms with Crippen LogP contribution in [0, 0.1) is 0 Å². The molecule has 0 aliphatic rings. The number of carbonyl (C=O) groups excluding carboxylic acids is 2. The summed E-state index contributed by atoms with van der Waals surface area (Å²) in [6, 6.07) is 0. The molecular formula is C15H26N4O3S. The Labute approximate surface area is 141 Å². The van der Waals surface area contributed by atoms with Gasteiger partial charge in [-0.1, -0.05) is 0 Å². The highest BCUT2D eigenvalue weighted by Crippen LogP contribution is 2.06. The van der Waals surface area contributed by atoms with Crippen molar-refractivity contribution < 1.29 is 14.3 Å². The Hall–Kier alpha value is -1.70. The van der Waals surface area contributed by atoms with E-state index in [1.165, 1.54) is 11.8 Å². The molecule has 8 heteroatoms. The van der Waals surface area contributed by atoms with Crippen LogP contribution in [0.2, 0.25) is 0 Å². The molecule has 0 radical (unpaired) electrons. The van der Waals surface area contributed by atoms with Gasteiger partial charge in [-0.2, -0.15) is 11.8 Å². The van der Waals surface area contributed by atoms with Gasteiger partial charge >= 0.3 is 6.09 Å². The van der Waals surface area contributed by atoms with E-state index in [9.17, 15) is 9.59 Å². The fraction of sp³-hybridized carbons (Fsp3) is 0.667. The van der Waals surface area contributed by atoms with Gasteiger partial charge in [0.2, 0.25) is 5.91 Å². The molecule has 0 saturated heterocycles. The summed E-state index contributed by atoms with van der Waals surface area (Å²) < 4.78 is 7.09. The lowest BCUT2D eigenvalue weighted by Gasteiger charge is -2.19. The number of hydrogen-bond acceptors (Lipinski definition) is 5. The van der Waals surface area contributed by atoms with Crippen molar-refractivity contribution in [1.29, 1.82) is 0 Å². The zero-order chi connectivity index (χ0) is 17.1. The fourth-order valence-electron chi connectivity index (χ4n) is 1.66. The van der Waals surface area contributed by atoms with Crippen molar-refractivity contribution in [2.45, 2.75) is 39.3 Å². The van der Waals surface area contributed by atoms with Crippen LogP contribution in [0.4, 0.5) is 4.79 Å². The maximum absolute atomic E-state index is 11.6. The van der Waals surface area contributed by atoms with Crippen LogP contribution in [0.25, 0.3) is 0 Å². The van der Waals surface area contributed by atoms with E-state index in [1.54, 1.807) is 12.5 Å². The van der Waals surface area contributed by atoms with E-state index in [0.29, 0.717) is 24.6 Å². The third kappa shape index (κ3) is 10.6. The minimum Gasteiger partial charge on any atom is -0.444 e. The Balaban J connectivity index is 1.94. The summed E-state index contributed by atoms with van der Waals surface area (Å²) in [6.07, 6.45) is 5.83. The molecule has 0 aromatic carbocycles. The molecule has 2 N–H and O–H groups in total. The van der Waals surface area contributed by atoms with E-state index < -0.39 is 11.7 Å². The number of amides is 2. The number of imidazole rings is 1. The molecule has 0 unspecified atom stereocenters. The van der Waals surface area contributed by atoms with Crippen LogP contribution in [-0.2, 0) is 16.1 Å². The Morgan fingerprint density at radius 1 is 1.26 bits per heavy atom. The Morgan fingerprint density at radius 3 is 2.70 bits per heavy atom. The number of hydrogen-bond donors (Lipinski definition) is 2. The number of ether oxygens (including phenoxy) is 1. The zero-order valence-corrected chi connectivity index (χ0v) is 14.8. The Bertz CT molecular complexity index is 472. The van der Waals surface area contributed by atoms with Crippen LogP contribution in [0.1, 0.15) is 27.2 Å². The van der Waals surface area contributed by atoms with Crippen molar-refractivity contribution in [2.75, 3.05) is 24.6 Å². The van der Waals surface area contributed by atoms with Crippen molar-refractivity contribution in [1.82, 2.24) is 20.2 Å². The number of aromatic nitrogens is 2. The number of aryl methyl sites for hydroxylation is 1. The van der Waals surface area contributed by atoms with E-state index in [4.69, 9.17) is 4.74 Å². The summed E-state index contributed by atoms with van der Waals surface area (Å²) in [5, 5.41) is 5.53. The largest absolute Gasteiger partial charge is 0.444 e. The Morgan fingerprint density at radius 2 is 2.04 bits per heavy atom. The number of thioether (sulfide) groups is 1. The molecule has 130 valence electrons. The molecule has 23 heavy (non-hydrogen) atoms. The van der Waals surface area contributed by atoms with Crippen LogP contribution in [0.3, 0.4) is 0 Å². The molecule has 0 fully saturated rings. The molecule has 0 saturated carbocycles. The van der Waals surface area contributed by atoms with Crippen molar-refractivity contribution >= 4 is 23.8 Å². The molecule has 0 bridgehead atoms. The minimum absolute atomic E-state index is 0.0119. The van der Waals surface area contributed by atoms with Gasteiger partial charge in [0.05, 0.1) is 12.1 Å². The molecule has 2 amide bonds. The van der Waals surface area contributed by atoms with Gasteiger partial charge in [-0.25, -0.2) is 9.78 Å². The van der Waals surface area contributed by atoms with Crippen LogP contribution in [0.15, 0.2) is 18.7 Å². The van der Waals surface area contributed by atoms with Crippen molar-refractivity contribution in [3.8, 4) is 0 Å². The summed E-state index contributed by atoms with van der Waals surface area (Å²) in [4.78, 5) is 27.0. The zero-order valence-electron chi connectivity index (χ0n) is 14.0. The fourth-order valence-corrected chi connectivity index (χ4v) is 2.34. The van der Waals surface area contributed by atoms with Crippen LogP contribution < -0.4 is 10.6 Å². The molecule has 0 aliphatic heterocycles. The second-order valence-electron chi connectivity index (χ2n) is 5.99. The first-order valence-electron chi connectivity index (χ1n) is 7.64. The van der Waals surface area contributed by atoms with Gasteiger partial charge in [0.15, 0.2) is 0 Å². The van der Waals surface area contributed by atoms with Crippen LogP contribution in [-0.4, -0.2) is 51.7 Å². The maximum atomic E-state index is 11.6. The quantitative estimate of drug-likeness (QED) is 0.667. The van der Waals surface area contributed by atoms with Crippen molar-refractivity contribution in [3.05, 3.63) is 18.7 Å². The molecule has 7 nitrogen and oxygen atoms in total. The lowest BCUT2D eigenvalue weighted by atomic mass is 10.2. The van der Waals surface area contributed by atoms with Gasteiger partial charge in [0, 0.05) is 37.8 Å². The summed E-state index contributed by atoms with van der Waals surface area (Å²) in [6.45, 7) is 7.42. The van der Waals surface area contributed by atoms with Gasteiger partial charge in [-0.05, 0) is 27.2 Å². The standard InChI is InChI=1S/C15H26N4O3S/c1-15(2,3)22-14(21)18-7-10-23-11-13(20)17-5-4-8-19-9-6-16-12-19/h6,9,12H,4-5,7-8,10-11H2,1-3H3,(H,17,20)(H,18,21). The molecule has 1 heterocycles. The lowest BCUT2D eigenvalue weighted by molar-refractivity contribution is -0.118. The normalized spacial score (nSPS) is 11.1. The highest BCUT2D eigenvalue weighted by atomic mass is 32.2. The van der Waals surface area contributed by atoms with Crippen molar-refractivity contribution in [3.63, 3.8) is 0 Å². The summed E-state index contributed by atoms with van der Waals surface area (Å²) in [5.74, 6) is 1.07. The van der Waals surface area contributed by atoms with E-state index in [2.05, 4.69) is 15.6 Å². The number of carbonyl (C=O) groups is 2. The van der Waals surface area contributed by atoms with E-state index in [-0.39, 0.29) is 5.91 Å². The van der Waals surface area contributed by atoms with Crippen LogP contribution in [0.5, 0.6) is 0 Å². The van der Waals surface area contributed by atoms with Gasteiger partial charge in [-0.3, -0.25) is 4.79 Å². The third-order valence-electron chi connectivity index (χ3n) is 2.62. The van der Waals surface area contributed by atoms with Gasteiger partial charge < -0.3 is 19.9 Å². The molecule has 0 spiro atoms. The monoisotopic (exact) mass is 342 g/mol. The highest BCUT2D eigenvalue weighted by Gasteiger charge is 2.15. The van der Waals surface area contributed by atoms with E-state index in [0.717, 1.165) is 13.0 Å². The highest BCUT2D eigenvalue weighted by molar-refractivity contribution is 7.99. The number of rotatable bonds is 9. The van der Waals surface area contributed by atoms with Gasteiger partial charge in [0.1, 0.15) is 5.60 Å². The summed E-state index contributed by atoms with van der Waals surface area (Å²) >= 11 is 1.48. The van der Waals surface area contributed by atoms with Crippen molar-refractivity contribution in [2.24, 2.45) is 0 Å². The average molecular weight is 342 g/mol. The molecule has 0 atom stereocenters. The molecule has 1 aromatic rings. The number of nitrogens with zero attached hydrogens (tertiary/aromatic N) is 2. The molecular weight excluding hydrogens is 316 g/mol. The first-order valence-corrected chi connectivity index (χ1v) is 8.79. The predicted molar refractivity (Wildman–Crippen MR) is 91.4 cm³/mol. The molecule has 1 aromatic heterocycles. The SMILES string of the molecule is CC(C)(C)OC(=O)NCCSCC(=O)NCCCn1ccnc1. The first-order chi connectivity index (χ1) is 10.9. The van der Waals surface area contributed by atoms with Gasteiger partial charge in [-0.15, -0.1) is 0 Å². The third-order valence-corrected chi connectivity index (χ3v) is 3.58. The van der Waals surface area contributed by atoms with E-state index in [1.807, 2.05) is 31.5 Å². The summed E-state index contributed by atoms with van der Waals surface area (Å²) in [7, 11) is 0. The lowest BCUT2D eigenvalue weighted by Crippen LogP contribution is -2.34. The van der Waals surface area contributed by atoms with E-state index >= 15 is 0 Å². The number of alkyl carbamates (subject to hydrolysis) is 1. The second-order valence-corrected chi connectivity index (χ2v) is 7.09. The molecule has 0 aliphatic carbocycles. The number of nitrogens with one attached hydrogen (secondary N) is 2.